The van der Waals surface area contributed by atoms with Crippen molar-refractivity contribution in [1.82, 2.24) is 15.1 Å². The number of hydrogen-bond acceptors (Lipinski definition) is 3. The van der Waals surface area contributed by atoms with Crippen molar-refractivity contribution in [3.63, 3.8) is 0 Å². The van der Waals surface area contributed by atoms with Crippen LogP contribution in [0.5, 0.6) is 0 Å². The average molecular weight is 331 g/mol. The fourth-order valence-electron chi connectivity index (χ4n) is 3.11. The van der Waals surface area contributed by atoms with Crippen LogP contribution in [0.15, 0.2) is 36.5 Å². The molecule has 1 aromatic carbocycles. The van der Waals surface area contributed by atoms with E-state index in [2.05, 4.69) is 10.4 Å². The number of aromatic nitrogens is 2. The molecule has 1 aliphatic carbocycles. The molecular formula is C18H22FN3O2. The minimum Gasteiger partial charge on any atom is -0.388 e. The van der Waals surface area contributed by atoms with Crippen LogP contribution in [0.3, 0.4) is 0 Å². The number of aliphatic hydroxyl groups is 1. The second-order valence-electron chi connectivity index (χ2n) is 6.28. The Morgan fingerprint density at radius 1 is 1.38 bits per heavy atom. The van der Waals surface area contributed by atoms with Crippen LogP contribution in [0, 0.1) is 5.82 Å². The first kappa shape index (κ1) is 16.6. The summed E-state index contributed by atoms with van der Waals surface area (Å²) in [6, 6.07) is 8.04. The second kappa shape index (κ2) is 7.57. The average Bonchev–Trinajstić information content (AvgIpc) is 3.24. The van der Waals surface area contributed by atoms with Crippen molar-refractivity contribution in [2.45, 2.75) is 50.8 Å². The summed E-state index contributed by atoms with van der Waals surface area (Å²) >= 11 is 0. The molecule has 2 N–H and O–H groups in total. The van der Waals surface area contributed by atoms with Gasteiger partial charge in [0.2, 0.25) is 5.91 Å². The van der Waals surface area contributed by atoms with Crippen molar-refractivity contribution in [2.75, 3.05) is 0 Å². The number of halogens is 1. The predicted molar refractivity (Wildman–Crippen MR) is 87.6 cm³/mol. The summed E-state index contributed by atoms with van der Waals surface area (Å²) in [5, 5.41) is 17.3. The van der Waals surface area contributed by atoms with Crippen molar-refractivity contribution < 1.29 is 14.3 Å². The van der Waals surface area contributed by atoms with E-state index in [1.807, 2.05) is 16.9 Å². The fraction of sp³-hybridized carbons (Fsp3) is 0.444. The van der Waals surface area contributed by atoms with E-state index < -0.39 is 11.9 Å². The van der Waals surface area contributed by atoms with Crippen LogP contribution in [-0.2, 0) is 11.3 Å². The summed E-state index contributed by atoms with van der Waals surface area (Å²) in [6.45, 7) is 0.328. The van der Waals surface area contributed by atoms with E-state index >= 15 is 0 Å². The quantitative estimate of drug-likeness (QED) is 0.855. The van der Waals surface area contributed by atoms with Crippen LogP contribution >= 0.6 is 0 Å². The molecule has 6 heteroatoms. The molecule has 1 aliphatic rings. The molecule has 1 aromatic heterocycles. The van der Waals surface area contributed by atoms with Crippen LogP contribution < -0.4 is 5.32 Å². The van der Waals surface area contributed by atoms with Gasteiger partial charge >= 0.3 is 0 Å². The standard InChI is InChI=1S/C18H22FN3O2/c19-14-5-3-4-13(10-14)17(23)11-18(24)20-12-15-8-9-22(21-15)16-6-1-2-7-16/h3-5,8-10,16-17,23H,1-2,6-7,11-12H2,(H,20,24). The molecule has 1 amide bonds. The van der Waals surface area contributed by atoms with Gasteiger partial charge in [-0.05, 0) is 36.6 Å². The van der Waals surface area contributed by atoms with Crippen molar-refractivity contribution >= 4 is 5.91 Å². The van der Waals surface area contributed by atoms with Crippen LogP contribution in [-0.4, -0.2) is 20.8 Å². The van der Waals surface area contributed by atoms with E-state index in [4.69, 9.17) is 0 Å². The zero-order chi connectivity index (χ0) is 16.9. The molecule has 0 radical (unpaired) electrons. The van der Waals surface area contributed by atoms with E-state index in [1.165, 1.54) is 31.0 Å². The highest BCUT2D eigenvalue weighted by atomic mass is 19.1. The number of benzene rings is 1. The van der Waals surface area contributed by atoms with Gasteiger partial charge in [-0.1, -0.05) is 25.0 Å². The molecule has 24 heavy (non-hydrogen) atoms. The largest absolute Gasteiger partial charge is 0.388 e. The summed E-state index contributed by atoms with van der Waals surface area (Å²) in [4.78, 5) is 11.9. The van der Waals surface area contributed by atoms with Crippen LogP contribution in [0.1, 0.15) is 55.5 Å². The Balaban J connectivity index is 1.48. The lowest BCUT2D eigenvalue weighted by Gasteiger charge is -2.11. The molecule has 0 spiro atoms. The van der Waals surface area contributed by atoms with E-state index in [9.17, 15) is 14.3 Å². The van der Waals surface area contributed by atoms with Gasteiger partial charge in [0.05, 0.1) is 30.8 Å². The molecule has 0 aliphatic heterocycles. The molecular weight excluding hydrogens is 309 g/mol. The molecule has 1 unspecified atom stereocenters. The summed E-state index contributed by atoms with van der Waals surface area (Å²) in [5.41, 5.74) is 1.20. The van der Waals surface area contributed by atoms with Crippen LogP contribution in [0.2, 0.25) is 0 Å². The molecule has 1 saturated carbocycles. The molecule has 1 fully saturated rings. The van der Waals surface area contributed by atoms with E-state index in [0.717, 1.165) is 18.5 Å². The fourth-order valence-corrected chi connectivity index (χ4v) is 3.11. The number of hydrogen-bond donors (Lipinski definition) is 2. The Kier molecular flexibility index (Phi) is 5.25. The number of amides is 1. The van der Waals surface area contributed by atoms with Crippen molar-refractivity contribution in [1.29, 1.82) is 0 Å². The van der Waals surface area contributed by atoms with Gasteiger partial charge in [0.25, 0.3) is 0 Å². The van der Waals surface area contributed by atoms with Gasteiger partial charge in [0.15, 0.2) is 0 Å². The monoisotopic (exact) mass is 331 g/mol. The number of rotatable bonds is 6. The maximum Gasteiger partial charge on any atom is 0.223 e. The Morgan fingerprint density at radius 2 is 2.17 bits per heavy atom. The number of nitrogens with zero attached hydrogens (tertiary/aromatic N) is 2. The summed E-state index contributed by atoms with van der Waals surface area (Å²) in [6.07, 6.45) is 5.65. The summed E-state index contributed by atoms with van der Waals surface area (Å²) in [5.74, 6) is -0.716. The number of carbonyl (C=O) groups is 1. The van der Waals surface area contributed by atoms with Crippen molar-refractivity contribution in [2.24, 2.45) is 0 Å². The molecule has 0 bridgehead atoms. The van der Waals surface area contributed by atoms with Crippen LogP contribution in [0.25, 0.3) is 0 Å². The number of nitrogens with one attached hydrogen (secondary N) is 1. The third-order valence-corrected chi connectivity index (χ3v) is 4.44. The third kappa shape index (κ3) is 4.20. The second-order valence-corrected chi connectivity index (χ2v) is 6.28. The Morgan fingerprint density at radius 3 is 2.92 bits per heavy atom. The molecule has 3 rings (SSSR count). The lowest BCUT2D eigenvalue weighted by atomic mass is 10.1. The first-order chi connectivity index (χ1) is 11.6. The maximum absolute atomic E-state index is 13.1. The first-order valence-electron chi connectivity index (χ1n) is 8.36. The number of aliphatic hydroxyl groups excluding tert-OH is 1. The third-order valence-electron chi connectivity index (χ3n) is 4.44. The zero-order valence-electron chi connectivity index (χ0n) is 13.5. The first-order valence-corrected chi connectivity index (χ1v) is 8.36. The molecule has 128 valence electrons. The van der Waals surface area contributed by atoms with Gasteiger partial charge in [-0.2, -0.15) is 5.10 Å². The van der Waals surface area contributed by atoms with Crippen molar-refractivity contribution in [3.05, 3.63) is 53.6 Å². The smallest absolute Gasteiger partial charge is 0.223 e. The SMILES string of the molecule is O=C(CC(O)c1cccc(F)c1)NCc1ccn(C2CCCC2)n1. The highest BCUT2D eigenvalue weighted by molar-refractivity contribution is 5.76. The maximum atomic E-state index is 13.1. The highest BCUT2D eigenvalue weighted by Crippen LogP contribution is 2.28. The molecule has 1 heterocycles. The van der Waals surface area contributed by atoms with Gasteiger partial charge in [-0.15, -0.1) is 0 Å². The lowest BCUT2D eigenvalue weighted by molar-refractivity contribution is -0.123. The summed E-state index contributed by atoms with van der Waals surface area (Å²) < 4.78 is 15.1. The normalized spacial score (nSPS) is 16.2. The summed E-state index contributed by atoms with van der Waals surface area (Å²) in [7, 11) is 0. The predicted octanol–water partition coefficient (Wildman–Crippen LogP) is 2.88. The minimum atomic E-state index is -1.02. The van der Waals surface area contributed by atoms with Gasteiger partial charge in [0, 0.05) is 6.20 Å². The lowest BCUT2D eigenvalue weighted by Crippen LogP contribution is -2.25. The van der Waals surface area contributed by atoms with E-state index in [-0.39, 0.29) is 12.3 Å². The highest BCUT2D eigenvalue weighted by Gasteiger charge is 2.18. The zero-order valence-corrected chi connectivity index (χ0v) is 13.5. The molecule has 1 atom stereocenters. The Hall–Kier alpha value is -2.21. The van der Waals surface area contributed by atoms with Crippen molar-refractivity contribution in [3.8, 4) is 0 Å². The van der Waals surface area contributed by atoms with E-state index in [1.54, 1.807) is 6.07 Å². The molecule has 5 nitrogen and oxygen atoms in total. The van der Waals surface area contributed by atoms with Crippen LogP contribution in [0.4, 0.5) is 4.39 Å². The Labute approximate surface area is 140 Å². The van der Waals surface area contributed by atoms with Gasteiger partial charge < -0.3 is 10.4 Å². The minimum absolute atomic E-state index is 0.104. The molecule has 2 aromatic rings. The van der Waals surface area contributed by atoms with Gasteiger partial charge in [0.1, 0.15) is 5.82 Å². The topological polar surface area (TPSA) is 67.2 Å². The van der Waals surface area contributed by atoms with Gasteiger partial charge in [-0.3, -0.25) is 9.48 Å². The number of carbonyl (C=O) groups excluding carboxylic acids is 1. The van der Waals surface area contributed by atoms with E-state index in [0.29, 0.717) is 18.2 Å². The Bertz CT molecular complexity index is 695. The molecule has 0 saturated heterocycles. The van der Waals surface area contributed by atoms with Gasteiger partial charge in [-0.25, -0.2) is 4.39 Å².